The number of alkyl halides is 3. The van der Waals surface area contributed by atoms with Gasteiger partial charge in [0.05, 0.1) is 5.56 Å². The van der Waals surface area contributed by atoms with E-state index in [9.17, 15) is 18.0 Å². The maximum atomic E-state index is 12.7. The van der Waals surface area contributed by atoms with Gasteiger partial charge in [-0.2, -0.15) is 18.4 Å². The van der Waals surface area contributed by atoms with Crippen molar-refractivity contribution >= 4 is 11.8 Å². The zero-order valence-corrected chi connectivity index (χ0v) is 11.5. The van der Waals surface area contributed by atoms with Gasteiger partial charge in [-0.25, -0.2) is 9.78 Å². The highest BCUT2D eigenvalue weighted by Crippen LogP contribution is 2.31. The number of piperidine rings is 1. The van der Waals surface area contributed by atoms with Gasteiger partial charge in [0.2, 0.25) is 0 Å². The number of carbonyl (C=O) groups is 1. The number of rotatable bonds is 2. The summed E-state index contributed by atoms with van der Waals surface area (Å²) in [6, 6.07) is 2.74. The number of hydrogen-bond acceptors (Lipinski definition) is 4. The molecule has 2 heterocycles. The maximum Gasteiger partial charge on any atom is 0.419 e. The summed E-state index contributed by atoms with van der Waals surface area (Å²) in [6.07, 6.45) is -3.16. The number of nitrogens with zero attached hydrogens (tertiary/aromatic N) is 3. The number of anilines is 1. The van der Waals surface area contributed by atoms with Gasteiger partial charge in [0.15, 0.2) is 5.69 Å². The van der Waals surface area contributed by atoms with Crippen molar-refractivity contribution in [3.8, 4) is 6.07 Å². The minimum atomic E-state index is -4.62. The van der Waals surface area contributed by atoms with Crippen LogP contribution in [-0.4, -0.2) is 35.0 Å². The van der Waals surface area contributed by atoms with Crippen LogP contribution in [0.4, 0.5) is 23.8 Å². The van der Waals surface area contributed by atoms with Crippen molar-refractivity contribution in [2.45, 2.75) is 25.1 Å². The molecule has 6 nitrogen and oxygen atoms in total. The number of nitrogens with one attached hydrogen (secondary N) is 1. The number of pyridine rings is 1. The molecule has 3 N–H and O–H groups in total. The van der Waals surface area contributed by atoms with Gasteiger partial charge in [0, 0.05) is 19.1 Å². The summed E-state index contributed by atoms with van der Waals surface area (Å²) in [7, 11) is 0. The molecule has 1 fully saturated rings. The lowest BCUT2D eigenvalue weighted by molar-refractivity contribution is -0.138. The largest absolute Gasteiger partial charge is 0.419 e. The quantitative estimate of drug-likeness (QED) is 0.872. The normalized spacial score (nSPS) is 18.6. The van der Waals surface area contributed by atoms with Gasteiger partial charge in [0.1, 0.15) is 11.9 Å². The van der Waals surface area contributed by atoms with Gasteiger partial charge in [-0.3, -0.25) is 0 Å². The molecule has 9 heteroatoms. The molecule has 2 rings (SSSR count). The Balaban J connectivity index is 2.14. The molecule has 0 saturated carbocycles. The average molecular weight is 313 g/mol. The summed E-state index contributed by atoms with van der Waals surface area (Å²) in [5.41, 5.74) is 3.46. The lowest BCUT2D eigenvalue weighted by Gasteiger charge is -2.32. The van der Waals surface area contributed by atoms with Crippen LogP contribution < -0.4 is 11.1 Å². The van der Waals surface area contributed by atoms with Gasteiger partial charge in [0.25, 0.3) is 0 Å². The fourth-order valence-electron chi connectivity index (χ4n) is 2.36. The Bertz CT molecular complexity index is 611. The van der Waals surface area contributed by atoms with Crippen LogP contribution >= 0.6 is 0 Å². The molecular weight excluding hydrogens is 299 g/mol. The van der Waals surface area contributed by atoms with Crippen molar-refractivity contribution in [1.82, 2.24) is 9.88 Å². The molecule has 1 aromatic heterocycles. The molecule has 0 bridgehead atoms. The Morgan fingerprint density at radius 3 is 2.82 bits per heavy atom. The molecule has 0 spiro atoms. The zero-order valence-electron chi connectivity index (χ0n) is 11.5. The second-order valence-electron chi connectivity index (χ2n) is 4.97. The summed E-state index contributed by atoms with van der Waals surface area (Å²) < 4.78 is 38.1. The minimum Gasteiger partial charge on any atom is -0.366 e. The third kappa shape index (κ3) is 3.58. The minimum absolute atomic E-state index is 0.167. The first-order valence-electron chi connectivity index (χ1n) is 6.60. The lowest BCUT2D eigenvalue weighted by Crippen LogP contribution is -2.47. The molecule has 1 aliphatic heterocycles. The van der Waals surface area contributed by atoms with E-state index in [0.29, 0.717) is 13.1 Å². The van der Waals surface area contributed by atoms with Crippen molar-refractivity contribution in [3.63, 3.8) is 0 Å². The summed E-state index contributed by atoms with van der Waals surface area (Å²) in [5.74, 6) is 0.167. The van der Waals surface area contributed by atoms with Crippen molar-refractivity contribution in [2.24, 2.45) is 5.73 Å². The van der Waals surface area contributed by atoms with Crippen molar-refractivity contribution in [1.29, 1.82) is 5.26 Å². The Labute approximate surface area is 124 Å². The van der Waals surface area contributed by atoms with E-state index < -0.39 is 23.5 Å². The number of likely N-dealkylation sites (tertiary alicyclic amines) is 1. The molecule has 0 aromatic carbocycles. The first kappa shape index (κ1) is 15.9. The van der Waals surface area contributed by atoms with E-state index in [0.717, 1.165) is 18.9 Å². The van der Waals surface area contributed by atoms with Crippen LogP contribution in [-0.2, 0) is 6.18 Å². The molecule has 0 aliphatic carbocycles. The van der Waals surface area contributed by atoms with Crippen LogP contribution in [0, 0.1) is 11.3 Å². The van der Waals surface area contributed by atoms with Gasteiger partial charge in [-0.05, 0) is 25.0 Å². The number of aromatic nitrogens is 1. The number of carbonyl (C=O) groups excluding carboxylic acids is 1. The number of nitriles is 1. The number of amides is 2. The Kier molecular flexibility index (Phi) is 4.40. The topological polar surface area (TPSA) is 95.0 Å². The highest BCUT2D eigenvalue weighted by Gasteiger charge is 2.34. The molecule has 1 unspecified atom stereocenters. The third-order valence-corrected chi connectivity index (χ3v) is 3.39. The highest BCUT2D eigenvalue weighted by atomic mass is 19.4. The highest BCUT2D eigenvalue weighted by molar-refractivity contribution is 5.72. The number of primary amides is 1. The molecule has 1 saturated heterocycles. The zero-order chi connectivity index (χ0) is 16.3. The van der Waals surface area contributed by atoms with Gasteiger partial charge in [-0.15, -0.1) is 0 Å². The van der Waals surface area contributed by atoms with Crippen molar-refractivity contribution in [3.05, 3.63) is 23.4 Å². The van der Waals surface area contributed by atoms with E-state index in [-0.39, 0.29) is 11.9 Å². The first-order chi connectivity index (χ1) is 10.3. The van der Waals surface area contributed by atoms with Crippen molar-refractivity contribution < 1.29 is 18.0 Å². The average Bonchev–Trinajstić information content (AvgIpc) is 2.46. The summed E-state index contributed by atoms with van der Waals surface area (Å²) in [4.78, 5) is 16.3. The van der Waals surface area contributed by atoms with Gasteiger partial charge in [-0.1, -0.05) is 0 Å². The molecule has 2 amide bonds. The van der Waals surface area contributed by atoms with Crippen LogP contribution in [0.25, 0.3) is 0 Å². The molecule has 1 atom stereocenters. The SMILES string of the molecule is N#Cc1nc(NC2CCCN(C(N)=O)C2)ccc1C(F)(F)F. The summed E-state index contributed by atoms with van der Waals surface area (Å²) in [5, 5.41) is 11.8. The van der Waals surface area contributed by atoms with E-state index >= 15 is 0 Å². The monoisotopic (exact) mass is 313 g/mol. The fourth-order valence-corrected chi connectivity index (χ4v) is 2.36. The van der Waals surface area contributed by atoms with Crippen LogP contribution in [0.15, 0.2) is 12.1 Å². The lowest BCUT2D eigenvalue weighted by atomic mass is 10.1. The van der Waals surface area contributed by atoms with Gasteiger partial charge < -0.3 is 16.0 Å². The van der Waals surface area contributed by atoms with E-state index in [4.69, 9.17) is 11.0 Å². The molecule has 0 radical (unpaired) electrons. The van der Waals surface area contributed by atoms with Crippen LogP contribution in [0.1, 0.15) is 24.1 Å². The molecule has 118 valence electrons. The predicted octanol–water partition coefficient (Wildman–Crippen LogP) is 1.93. The third-order valence-electron chi connectivity index (χ3n) is 3.39. The van der Waals surface area contributed by atoms with E-state index in [1.54, 1.807) is 0 Å². The summed E-state index contributed by atoms with van der Waals surface area (Å²) >= 11 is 0. The Morgan fingerprint density at radius 1 is 1.50 bits per heavy atom. The first-order valence-corrected chi connectivity index (χ1v) is 6.60. The smallest absolute Gasteiger partial charge is 0.366 e. The molecule has 22 heavy (non-hydrogen) atoms. The maximum absolute atomic E-state index is 12.7. The predicted molar refractivity (Wildman–Crippen MR) is 71.8 cm³/mol. The van der Waals surface area contributed by atoms with E-state index in [1.807, 2.05) is 0 Å². The molecular formula is C13H14F3N5O. The summed E-state index contributed by atoms with van der Waals surface area (Å²) in [6.45, 7) is 0.900. The van der Waals surface area contributed by atoms with Crippen LogP contribution in [0.2, 0.25) is 0 Å². The Morgan fingerprint density at radius 2 is 2.23 bits per heavy atom. The van der Waals surface area contributed by atoms with E-state index in [2.05, 4.69) is 10.3 Å². The van der Waals surface area contributed by atoms with Crippen LogP contribution in [0.5, 0.6) is 0 Å². The van der Waals surface area contributed by atoms with E-state index in [1.165, 1.54) is 17.0 Å². The molecule has 1 aliphatic rings. The van der Waals surface area contributed by atoms with Crippen LogP contribution in [0.3, 0.4) is 0 Å². The second-order valence-corrected chi connectivity index (χ2v) is 4.97. The van der Waals surface area contributed by atoms with Gasteiger partial charge >= 0.3 is 12.2 Å². The number of halogens is 3. The van der Waals surface area contributed by atoms with Crippen molar-refractivity contribution in [2.75, 3.05) is 18.4 Å². The number of nitrogens with two attached hydrogens (primary N) is 1. The Hall–Kier alpha value is -2.50. The molecule has 1 aromatic rings. The number of urea groups is 1. The fraction of sp³-hybridized carbons (Fsp3) is 0.462. The number of hydrogen-bond donors (Lipinski definition) is 2. The second kappa shape index (κ2) is 6.09. The standard InChI is InChI=1S/C13H14F3N5O/c14-13(15,16)9-3-4-11(20-10(9)6-17)19-8-2-1-5-21(7-8)12(18)22/h3-4,8H,1-2,5,7H2,(H2,18,22)(H,19,20).